The molecular formula is C11H10O4. The van der Waals surface area contributed by atoms with Gasteiger partial charge in [0.05, 0.1) is 0 Å². The number of carbonyl (C=O) groups excluding carboxylic acids is 2. The Morgan fingerprint density at radius 3 is 2.33 bits per heavy atom. The smallest absolute Gasteiger partial charge is 0.320 e. The molecule has 0 radical (unpaired) electrons. The van der Waals surface area contributed by atoms with Gasteiger partial charge in [0.25, 0.3) is 6.29 Å². The molecule has 1 aliphatic heterocycles. The summed E-state index contributed by atoms with van der Waals surface area (Å²) in [5.41, 5.74) is 1.63. The number of esters is 2. The Bertz CT molecular complexity index is 395. The topological polar surface area (TPSA) is 52.6 Å². The highest BCUT2D eigenvalue weighted by atomic mass is 16.7. The maximum Gasteiger partial charge on any atom is 0.320 e. The van der Waals surface area contributed by atoms with E-state index in [1.165, 1.54) is 0 Å². The van der Waals surface area contributed by atoms with E-state index < -0.39 is 18.2 Å². The molecule has 0 bridgehead atoms. The highest BCUT2D eigenvalue weighted by molar-refractivity contribution is 5.92. The summed E-state index contributed by atoms with van der Waals surface area (Å²) in [6.07, 6.45) is -1.19. The van der Waals surface area contributed by atoms with Gasteiger partial charge < -0.3 is 9.47 Å². The Morgan fingerprint density at radius 1 is 1.13 bits per heavy atom. The number of rotatable bonds is 1. The summed E-state index contributed by atoms with van der Waals surface area (Å²) >= 11 is 0. The Labute approximate surface area is 86.8 Å². The molecule has 1 saturated heterocycles. The van der Waals surface area contributed by atoms with Crippen molar-refractivity contribution >= 4 is 11.9 Å². The van der Waals surface area contributed by atoms with Crippen molar-refractivity contribution in [3.05, 3.63) is 35.4 Å². The van der Waals surface area contributed by atoms with E-state index in [0.717, 1.165) is 5.56 Å². The molecule has 0 saturated carbocycles. The first kappa shape index (κ1) is 9.71. The SMILES string of the molecule is Cc1ccccc1C1OC(=O)CC(=O)O1. The molecule has 1 fully saturated rings. The minimum Gasteiger partial charge on any atom is -0.420 e. The summed E-state index contributed by atoms with van der Waals surface area (Å²) in [5.74, 6) is -1.08. The predicted octanol–water partition coefficient (Wildman–Crippen LogP) is 1.48. The molecule has 1 aromatic rings. The van der Waals surface area contributed by atoms with Gasteiger partial charge in [-0.1, -0.05) is 24.3 Å². The first-order valence-corrected chi connectivity index (χ1v) is 4.61. The van der Waals surface area contributed by atoms with Crippen molar-refractivity contribution < 1.29 is 19.1 Å². The van der Waals surface area contributed by atoms with Crippen LogP contribution in [0.2, 0.25) is 0 Å². The van der Waals surface area contributed by atoms with E-state index in [1.807, 2.05) is 19.1 Å². The van der Waals surface area contributed by atoms with Crippen LogP contribution >= 0.6 is 0 Å². The molecule has 78 valence electrons. The summed E-state index contributed by atoms with van der Waals surface area (Å²) in [5, 5.41) is 0. The monoisotopic (exact) mass is 206 g/mol. The summed E-state index contributed by atoms with van der Waals surface area (Å²) in [4.78, 5) is 22.1. The zero-order valence-corrected chi connectivity index (χ0v) is 8.23. The third kappa shape index (κ3) is 1.98. The van der Waals surface area contributed by atoms with Gasteiger partial charge >= 0.3 is 11.9 Å². The van der Waals surface area contributed by atoms with Crippen molar-refractivity contribution in [1.29, 1.82) is 0 Å². The number of hydrogen-bond donors (Lipinski definition) is 0. The van der Waals surface area contributed by atoms with Crippen LogP contribution in [0.1, 0.15) is 23.8 Å². The van der Waals surface area contributed by atoms with E-state index in [0.29, 0.717) is 5.56 Å². The largest absolute Gasteiger partial charge is 0.420 e. The Morgan fingerprint density at radius 2 is 1.73 bits per heavy atom. The standard InChI is InChI=1S/C11H10O4/c1-7-4-2-3-5-8(7)11-14-9(12)6-10(13)15-11/h2-5,11H,6H2,1H3. The van der Waals surface area contributed by atoms with Crippen molar-refractivity contribution in [2.75, 3.05) is 0 Å². The van der Waals surface area contributed by atoms with Crippen molar-refractivity contribution in [1.82, 2.24) is 0 Å². The lowest BCUT2D eigenvalue weighted by Gasteiger charge is -2.23. The van der Waals surface area contributed by atoms with Crippen molar-refractivity contribution in [3.63, 3.8) is 0 Å². The zero-order chi connectivity index (χ0) is 10.8. The van der Waals surface area contributed by atoms with E-state index in [4.69, 9.17) is 9.47 Å². The van der Waals surface area contributed by atoms with Gasteiger partial charge in [-0.25, -0.2) is 0 Å². The lowest BCUT2D eigenvalue weighted by Crippen LogP contribution is -2.27. The van der Waals surface area contributed by atoms with Crippen LogP contribution in [0, 0.1) is 6.92 Å². The normalized spacial score (nSPS) is 17.1. The fraction of sp³-hybridized carbons (Fsp3) is 0.273. The highest BCUT2D eigenvalue weighted by Gasteiger charge is 2.29. The number of hydrogen-bond acceptors (Lipinski definition) is 4. The van der Waals surface area contributed by atoms with Gasteiger partial charge in [0.2, 0.25) is 0 Å². The van der Waals surface area contributed by atoms with Crippen molar-refractivity contribution in [2.45, 2.75) is 19.6 Å². The fourth-order valence-electron chi connectivity index (χ4n) is 1.44. The molecule has 1 aliphatic rings. The molecule has 1 aromatic carbocycles. The fourth-order valence-corrected chi connectivity index (χ4v) is 1.44. The van der Waals surface area contributed by atoms with Crippen LogP contribution < -0.4 is 0 Å². The molecule has 0 N–H and O–H groups in total. The van der Waals surface area contributed by atoms with Crippen LogP contribution in [0.5, 0.6) is 0 Å². The van der Waals surface area contributed by atoms with Crippen LogP contribution in [0.15, 0.2) is 24.3 Å². The van der Waals surface area contributed by atoms with E-state index in [9.17, 15) is 9.59 Å². The molecule has 0 amide bonds. The first-order valence-electron chi connectivity index (χ1n) is 4.61. The number of benzene rings is 1. The van der Waals surface area contributed by atoms with E-state index in [1.54, 1.807) is 12.1 Å². The average Bonchev–Trinajstić information content (AvgIpc) is 2.16. The summed E-state index contributed by atoms with van der Waals surface area (Å²) < 4.78 is 9.88. The third-order valence-corrected chi connectivity index (χ3v) is 2.21. The molecule has 2 rings (SSSR count). The molecule has 0 atom stereocenters. The number of ether oxygens (including phenoxy) is 2. The van der Waals surface area contributed by atoms with Gasteiger partial charge in [-0.05, 0) is 12.5 Å². The van der Waals surface area contributed by atoms with E-state index in [-0.39, 0.29) is 6.42 Å². The number of aryl methyl sites for hydroxylation is 1. The molecule has 0 unspecified atom stereocenters. The van der Waals surface area contributed by atoms with Crippen molar-refractivity contribution in [2.24, 2.45) is 0 Å². The quantitative estimate of drug-likeness (QED) is 0.516. The van der Waals surface area contributed by atoms with Crippen LogP contribution in [-0.2, 0) is 19.1 Å². The summed E-state index contributed by atoms with van der Waals surface area (Å²) in [6.45, 7) is 1.87. The molecular weight excluding hydrogens is 196 g/mol. The molecule has 0 aliphatic carbocycles. The van der Waals surface area contributed by atoms with Crippen LogP contribution in [0.25, 0.3) is 0 Å². The predicted molar refractivity (Wildman–Crippen MR) is 50.7 cm³/mol. The third-order valence-electron chi connectivity index (χ3n) is 2.21. The van der Waals surface area contributed by atoms with Gasteiger partial charge in [-0.3, -0.25) is 9.59 Å². The van der Waals surface area contributed by atoms with E-state index in [2.05, 4.69) is 0 Å². The zero-order valence-electron chi connectivity index (χ0n) is 8.23. The lowest BCUT2D eigenvalue weighted by atomic mass is 10.1. The van der Waals surface area contributed by atoms with Crippen LogP contribution in [-0.4, -0.2) is 11.9 Å². The molecule has 15 heavy (non-hydrogen) atoms. The number of cyclic esters (lactones) is 2. The van der Waals surface area contributed by atoms with Gasteiger partial charge in [-0.15, -0.1) is 0 Å². The average molecular weight is 206 g/mol. The summed E-state index contributed by atoms with van der Waals surface area (Å²) in [6, 6.07) is 7.31. The Hall–Kier alpha value is -1.84. The number of carbonyl (C=O) groups is 2. The highest BCUT2D eigenvalue weighted by Crippen LogP contribution is 2.26. The second-order valence-corrected chi connectivity index (χ2v) is 3.35. The second kappa shape index (κ2) is 3.73. The molecule has 4 heteroatoms. The van der Waals surface area contributed by atoms with Gasteiger partial charge in [0.1, 0.15) is 6.42 Å². The van der Waals surface area contributed by atoms with E-state index >= 15 is 0 Å². The second-order valence-electron chi connectivity index (χ2n) is 3.35. The van der Waals surface area contributed by atoms with Crippen LogP contribution in [0.3, 0.4) is 0 Å². The van der Waals surface area contributed by atoms with Gasteiger partial charge in [-0.2, -0.15) is 0 Å². The molecule has 1 heterocycles. The van der Waals surface area contributed by atoms with Gasteiger partial charge in [0, 0.05) is 5.56 Å². The Kier molecular flexibility index (Phi) is 2.41. The van der Waals surface area contributed by atoms with Crippen molar-refractivity contribution in [3.8, 4) is 0 Å². The minimum atomic E-state index is -0.889. The van der Waals surface area contributed by atoms with Crippen LogP contribution in [0.4, 0.5) is 0 Å². The lowest BCUT2D eigenvalue weighted by molar-refractivity contribution is -0.205. The minimum absolute atomic E-state index is 0.303. The maximum absolute atomic E-state index is 11.0. The maximum atomic E-state index is 11.0. The summed E-state index contributed by atoms with van der Waals surface area (Å²) in [7, 11) is 0. The molecule has 0 aromatic heterocycles. The first-order chi connectivity index (χ1) is 7.16. The Balaban J connectivity index is 2.27. The molecule has 4 nitrogen and oxygen atoms in total. The molecule has 0 spiro atoms. The van der Waals surface area contributed by atoms with Gasteiger partial charge in [0.15, 0.2) is 0 Å².